The Balaban J connectivity index is 0.915. The fraction of sp³-hybridized carbons (Fsp3) is 0.0962. The zero-order chi connectivity index (χ0) is 38.2. The number of benzene rings is 8. The number of aromatic nitrogens is 3. The summed E-state index contributed by atoms with van der Waals surface area (Å²) < 4.78 is 7.04. The second kappa shape index (κ2) is 13.1. The maximum atomic E-state index is 7.04. The van der Waals surface area contributed by atoms with Crippen LogP contribution in [0.25, 0.3) is 66.5 Å². The van der Waals surface area contributed by atoms with Gasteiger partial charge in [-0.25, -0.2) is 15.0 Å². The number of allylic oxidation sites excluding steroid dienone is 1. The number of anilines is 3. The van der Waals surface area contributed by atoms with Crippen molar-refractivity contribution < 1.29 is 4.74 Å². The molecule has 3 aliphatic rings. The Bertz CT molecular complexity index is 3040. The number of hydrogen-bond donors (Lipinski definition) is 1. The summed E-state index contributed by atoms with van der Waals surface area (Å²) >= 11 is 0. The van der Waals surface area contributed by atoms with Crippen molar-refractivity contribution in [3.8, 4) is 39.9 Å². The lowest BCUT2D eigenvalue weighted by Crippen LogP contribution is -2.32. The molecule has 0 saturated heterocycles. The van der Waals surface area contributed by atoms with Crippen molar-refractivity contribution in [2.45, 2.75) is 25.0 Å². The summed E-state index contributed by atoms with van der Waals surface area (Å²) in [6.07, 6.45) is 4.39. The van der Waals surface area contributed by atoms with Gasteiger partial charge in [0.15, 0.2) is 29.5 Å². The average molecular weight is 748 g/mol. The molecule has 6 heteroatoms. The van der Waals surface area contributed by atoms with Crippen LogP contribution in [0.4, 0.5) is 17.1 Å². The van der Waals surface area contributed by atoms with E-state index in [1.165, 1.54) is 33.4 Å². The highest BCUT2D eigenvalue weighted by Gasteiger charge is 2.42. The smallest absolute Gasteiger partial charge is 0.176 e. The van der Waals surface area contributed by atoms with Gasteiger partial charge in [0.05, 0.1) is 11.4 Å². The van der Waals surface area contributed by atoms with Gasteiger partial charge in [0.25, 0.3) is 0 Å². The van der Waals surface area contributed by atoms with Crippen molar-refractivity contribution in [3.63, 3.8) is 0 Å². The highest BCUT2D eigenvalue weighted by molar-refractivity contribution is 6.13. The number of hydrogen-bond acceptors (Lipinski definition) is 6. The number of nitrogens with zero attached hydrogens (tertiary/aromatic N) is 4. The summed E-state index contributed by atoms with van der Waals surface area (Å²) in [5, 5.41) is 11.0. The quantitative estimate of drug-likeness (QED) is 0.177. The third-order valence-corrected chi connectivity index (χ3v) is 12.2. The molecule has 12 rings (SSSR count). The van der Waals surface area contributed by atoms with E-state index < -0.39 is 0 Å². The summed E-state index contributed by atoms with van der Waals surface area (Å²) in [6, 6.07) is 59.7. The van der Waals surface area contributed by atoms with Crippen LogP contribution in [0.1, 0.15) is 24.3 Å². The second-order valence-electron chi connectivity index (χ2n) is 15.5. The van der Waals surface area contributed by atoms with Crippen LogP contribution in [-0.2, 0) is 0 Å². The first-order chi connectivity index (χ1) is 28.7. The number of nitrogens with one attached hydrogen (secondary N) is 1. The molecule has 6 nitrogen and oxygen atoms in total. The lowest BCUT2D eigenvalue weighted by atomic mass is 9.81. The van der Waals surface area contributed by atoms with Gasteiger partial charge in [0, 0.05) is 45.3 Å². The molecule has 1 aliphatic carbocycles. The van der Waals surface area contributed by atoms with Crippen LogP contribution in [0.2, 0.25) is 0 Å². The van der Waals surface area contributed by atoms with Crippen molar-refractivity contribution in [2.75, 3.05) is 10.2 Å². The van der Waals surface area contributed by atoms with Gasteiger partial charge in [-0.2, -0.15) is 0 Å². The van der Waals surface area contributed by atoms with E-state index in [1.807, 2.05) is 60.7 Å². The van der Waals surface area contributed by atoms with Crippen LogP contribution in [0.3, 0.4) is 0 Å². The van der Waals surface area contributed by atoms with Gasteiger partial charge in [-0.05, 0) is 75.7 Å². The molecule has 0 fully saturated rings. The van der Waals surface area contributed by atoms with Crippen LogP contribution in [0.15, 0.2) is 182 Å². The standard InChI is InChI=1S/C52H37N5O/c1-4-13-34(14-5-1)49-54-50(35-15-6-2-7-16-35)56-51(55-49)37-22-26-41-36(30-37)21-20-33-24-28-43-48(46(33)41)58-52(53-43)38-23-27-42-45(31-38)57(39-17-8-3-9-18-39)44-29-25-32-12-10-11-19-40(32)47(42)44/h1-22,24-26,28-31,38,42,52-53H,23,27H2. The summed E-state index contributed by atoms with van der Waals surface area (Å²) in [4.78, 5) is 17.4. The summed E-state index contributed by atoms with van der Waals surface area (Å²) in [6.45, 7) is 0. The molecular weight excluding hydrogens is 711 g/mol. The monoisotopic (exact) mass is 747 g/mol. The van der Waals surface area contributed by atoms with E-state index in [0.29, 0.717) is 23.4 Å². The molecule has 0 saturated carbocycles. The minimum atomic E-state index is -0.181. The molecule has 58 heavy (non-hydrogen) atoms. The third kappa shape index (κ3) is 5.29. The van der Waals surface area contributed by atoms with Crippen molar-refractivity contribution in [2.24, 2.45) is 5.92 Å². The SMILES string of the molecule is C1=C2C(CCC1C1Nc3ccc4ccc5cc(-c6nc(-c7ccccc7)nc(-c7ccccc7)n6)ccc5c4c3O1)c1c(ccc3ccccc13)N2c1ccccc1. The Morgan fingerprint density at radius 3 is 1.93 bits per heavy atom. The summed E-state index contributed by atoms with van der Waals surface area (Å²) in [5.74, 6) is 3.37. The second-order valence-corrected chi connectivity index (χ2v) is 15.5. The first-order valence-corrected chi connectivity index (χ1v) is 20.1. The molecular formula is C52H37N5O. The van der Waals surface area contributed by atoms with Crippen molar-refractivity contribution in [1.82, 2.24) is 15.0 Å². The predicted molar refractivity (Wildman–Crippen MR) is 235 cm³/mol. The summed E-state index contributed by atoms with van der Waals surface area (Å²) in [5.41, 5.74) is 9.14. The van der Waals surface area contributed by atoms with Gasteiger partial charge in [-0.15, -0.1) is 0 Å². The van der Waals surface area contributed by atoms with Gasteiger partial charge in [-0.1, -0.05) is 146 Å². The van der Waals surface area contributed by atoms with Crippen LogP contribution >= 0.6 is 0 Å². The van der Waals surface area contributed by atoms with Crippen molar-refractivity contribution in [3.05, 3.63) is 187 Å². The Morgan fingerprint density at radius 1 is 0.534 bits per heavy atom. The molecule has 3 unspecified atom stereocenters. The van der Waals surface area contributed by atoms with Gasteiger partial charge < -0.3 is 15.0 Å². The van der Waals surface area contributed by atoms with Crippen molar-refractivity contribution >= 4 is 49.4 Å². The Kier molecular flexibility index (Phi) is 7.45. The molecule has 1 N–H and O–H groups in total. The zero-order valence-electron chi connectivity index (χ0n) is 31.6. The minimum absolute atomic E-state index is 0.181. The van der Waals surface area contributed by atoms with E-state index >= 15 is 0 Å². The highest BCUT2D eigenvalue weighted by Crippen LogP contribution is 2.55. The minimum Gasteiger partial charge on any atom is -0.467 e. The first-order valence-electron chi connectivity index (χ1n) is 20.1. The van der Waals surface area contributed by atoms with Gasteiger partial charge in [0.1, 0.15) is 0 Å². The Hall–Kier alpha value is -7.31. The van der Waals surface area contributed by atoms with Gasteiger partial charge >= 0.3 is 0 Å². The first kappa shape index (κ1) is 32.9. The van der Waals surface area contributed by atoms with Gasteiger partial charge in [0.2, 0.25) is 0 Å². The molecule has 0 radical (unpaired) electrons. The molecule has 9 aromatic rings. The van der Waals surface area contributed by atoms with Crippen LogP contribution in [0.5, 0.6) is 5.75 Å². The molecule has 0 spiro atoms. The fourth-order valence-electron chi connectivity index (χ4n) is 9.48. The molecule has 1 aromatic heterocycles. The highest BCUT2D eigenvalue weighted by atomic mass is 16.5. The van der Waals surface area contributed by atoms with E-state index in [-0.39, 0.29) is 12.1 Å². The van der Waals surface area contributed by atoms with Gasteiger partial charge in [-0.3, -0.25) is 0 Å². The lowest BCUT2D eigenvalue weighted by molar-refractivity contribution is 0.192. The number of para-hydroxylation sites is 1. The van der Waals surface area contributed by atoms with Crippen LogP contribution < -0.4 is 15.0 Å². The maximum absolute atomic E-state index is 7.04. The molecule has 276 valence electrons. The van der Waals surface area contributed by atoms with E-state index in [9.17, 15) is 0 Å². The number of fused-ring (bicyclic) bond motifs is 10. The molecule has 8 aromatic carbocycles. The molecule has 0 bridgehead atoms. The number of rotatable bonds is 5. The molecule has 2 aliphatic heterocycles. The topological polar surface area (TPSA) is 63.2 Å². The molecule has 3 heterocycles. The van der Waals surface area contributed by atoms with E-state index in [4.69, 9.17) is 19.7 Å². The Labute approximate surface area is 336 Å². The third-order valence-electron chi connectivity index (χ3n) is 12.2. The largest absolute Gasteiger partial charge is 0.467 e. The lowest BCUT2D eigenvalue weighted by Gasteiger charge is -2.31. The zero-order valence-corrected chi connectivity index (χ0v) is 31.6. The fourth-order valence-corrected chi connectivity index (χ4v) is 9.48. The maximum Gasteiger partial charge on any atom is 0.176 e. The predicted octanol–water partition coefficient (Wildman–Crippen LogP) is 12.7. The molecule has 3 atom stereocenters. The van der Waals surface area contributed by atoms with E-state index in [2.05, 4.69) is 125 Å². The Morgan fingerprint density at radius 2 is 1.17 bits per heavy atom. The molecule has 0 amide bonds. The summed E-state index contributed by atoms with van der Waals surface area (Å²) in [7, 11) is 0. The van der Waals surface area contributed by atoms with Crippen molar-refractivity contribution in [1.29, 1.82) is 0 Å². The van der Waals surface area contributed by atoms with Crippen LogP contribution in [-0.4, -0.2) is 21.2 Å². The van der Waals surface area contributed by atoms with Crippen LogP contribution in [0, 0.1) is 5.92 Å². The average Bonchev–Trinajstić information content (AvgIpc) is 3.89. The number of ether oxygens (including phenoxy) is 1. The van der Waals surface area contributed by atoms with E-state index in [1.54, 1.807) is 0 Å². The normalized spacial score (nSPS) is 18.0. The van der Waals surface area contributed by atoms with E-state index in [0.717, 1.165) is 62.5 Å².